The van der Waals surface area contributed by atoms with E-state index in [4.69, 9.17) is 17.2 Å². The van der Waals surface area contributed by atoms with Crippen molar-refractivity contribution >= 4 is 104 Å². The van der Waals surface area contributed by atoms with Gasteiger partial charge in [0.1, 0.15) is 55.2 Å². The van der Waals surface area contributed by atoms with Crippen LogP contribution in [-0.2, 0) is 34.0 Å². The molecule has 6 aromatic rings. The van der Waals surface area contributed by atoms with Crippen molar-refractivity contribution < 1.29 is 14.4 Å². The van der Waals surface area contributed by atoms with Crippen molar-refractivity contribution in [1.82, 2.24) is 73.3 Å². The third kappa shape index (κ3) is 10.2. The van der Waals surface area contributed by atoms with Crippen LogP contribution >= 0.6 is 35.3 Å². The van der Waals surface area contributed by atoms with Crippen molar-refractivity contribution in [1.29, 1.82) is 0 Å². The van der Waals surface area contributed by atoms with Gasteiger partial charge in [0.15, 0.2) is 34.4 Å². The molecule has 0 bridgehead atoms. The van der Waals surface area contributed by atoms with Gasteiger partial charge in [-0.15, -0.1) is 0 Å². The van der Waals surface area contributed by atoms with Crippen molar-refractivity contribution in [3.8, 4) is 0 Å². The number of amides is 3. The summed E-state index contributed by atoms with van der Waals surface area (Å²) in [5.41, 5.74) is 20.6. The second-order valence-corrected chi connectivity index (χ2v) is 16.1. The van der Waals surface area contributed by atoms with E-state index in [0.717, 1.165) is 5.75 Å². The molecule has 306 valence electrons. The lowest BCUT2D eigenvalue weighted by atomic mass is 10.4. The number of aromatic nitrogens is 12. The molecule has 6 N–H and O–H groups in total. The van der Waals surface area contributed by atoms with Gasteiger partial charge in [0.25, 0.3) is 0 Å². The number of carbonyl (C=O) groups excluding carboxylic acids is 3. The van der Waals surface area contributed by atoms with Gasteiger partial charge in [-0.25, -0.2) is 44.9 Å². The van der Waals surface area contributed by atoms with Crippen LogP contribution in [0.2, 0.25) is 0 Å². The molecule has 0 aliphatic rings. The van der Waals surface area contributed by atoms with Crippen molar-refractivity contribution in [2.45, 2.75) is 19.6 Å². The summed E-state index contributed by atoms with van der Waals surface area (Å²) in [6.45, 7) is 6.46. The zero-order valence-corrected chi connectivity index (χ0v) is 34.3. The summed E-state index contributed by atoms with van der Waals surface area (Å²) in [7, 11) is 0. The van der Waals surface area contributed by atoms with E-state index in [-0.39, 0.29) is 54.8 Å². The summed E-state index contributed by atoms with van der Waals surface area (Å²) >= 11 is 4.96. The molecule has 0 aliphatic heterocycles. The molecule has 0 aromatic carbocycles. The summed E-state index contributed by atoms with van der Waals surface area (Å²) < 4.78 is 4.97. The SMILES string of the molecule is C=CN(CCSCCN(CCSCCN(CCSC)C(=O)Cn1cnc2c(N)ncnc21)C(=O)Cn1cnc2c(N)ncnc21)C(=O)Cn1cnc2c(N)ncnc21. The standard InChI is InChI=1S/C34H44N18O3S3/c1-3-47(23(53)14-50-20-44-26-29(35)38-17-41-32(26)50)5-10-57-12-7-49(25(55)16-52-22-46-28-31(37)40-19-43-34(28)52)8-13-58-11-6-48(4-9-56-2)24(54)15-51-21-45-27-30(36)39-18-42-33(27)51/h3,17-22H,1,4-16H2,2H3,(H2,35,38,41)(H2,36,39,42)(H2,37,40,43). The van der Waals surface area contributed by atoms with E-state index in [1.807, 2.05) is 16.1 Å². The minimum atomic E-state index is -0.179. The largest absolute Gasteiger partial charge is 0.382 e. The Kier molecular flexibility index (Phi) is 14.5. The fourth-order valence-electron chi connectivity index (χ4n) is 5.90. The van der Waals surface area contributed by atoms with Gasteiger partial charge in [-0.3, -0.25) is 14.4 Å². The van der Waals surface area contributed by atoms with Gasteiger partial charge in [-0.05, 0) is 12.5 Å². The number of anilines is 3. The molecular formula is C34H44N18O3S3. The highest BCUT2D eigenvalue weighted by Gasteiger charge is 2.20. The van der Waals surface area contributed by atoms with Crippen LogP contribution < -0.4 is 17.2 Å². The summed E-state index contributed by atoms with van der Waals surface area (Å²) in [5.74, 6) is 3.79. The number of nitrogens with zero attached hydrogens (tertiary/aromatic N) is 15. The molecule has 0 spiro atoms. The maximum Gasteiger partial charge on any atom is 0.246 e. The zero-order valence-electron chi connectivity index (χ0n) is 31.8. The molecule has 0 atom stereocenters. The highest BCUT2D eigenvalue weighted by Crippen LogP contribution is 2.18. The van der Waals surface area contributed by atoms with Crippen LogP contribution in [0.3, 0.4) is 0 Å². The van der Waals surface area contributed by atoms with Gasteiger partial charge in [0.05, 0.1) is 19.0 Å². The maximum absolute atomic E-state index is 13.8. The molecule has 24 heteroatoms. The number of hydrogen-bond acceptors (Lipinski definition) is 18. The second-order valence-electron chi connectivity index (χ2n) is 12.7. The lowest BCUT2D eigenvalue weighted by Crippen LogP contribution is -2.38. The smallest absolute Gasteiger partial charge is 0.246 e. The Hall–Kier alpha value is -5.75. The van der Waals surface area contributed by atoms with Gasteiger partial charge < -0.3 is 45.6 Å². The average molecular weight is 849 g/mol. The first-order valence-corrected chi connectivity index (χ1v) is 21.7. The highest BCUT2D eigenvalue weighted by atomic mass is 32.2. The molecule has 0 saturated heterocycles. The number of nitrogen functional groups attached to an aromatic ring is 3. The normalized spacial score (nSPS) is 11.4. The average Bonchev–Trinajstić information content (AvgIpc) is 3.95. The fourth-order valence-corrected chi connectivity index (χ4v) is 8.09. The van der Waals surface area contributed by atoms with Gasteiger partial charge in [-0.1, -0.05) is 6.58 Å². The van der Waals surface area contributed by atoms with E-state index in [9.17, 15) is 14.4 Å². The molecule has 0 saturated carbocycles. The molecule has 0 aliphatic carbocycles. The fraction of sp³-hybridized carbons (Fsp3) is 0.412. The van der Waals surface area contributed by atoms with Crippen LogP contribution in [0.25, 0.3) is 33.5 Å². The van der Waals surface area contributed by atoms with E-state index < -0.39 is 0 Å². The minimum Gasteiger partial charge on any atom is -0.382 e. The van der Waals surface area contributed by atoms with E-state index in [0.29, 0.717) is 89.2 Å². The van der Waals surface area contributed by atoms with E-state index in [2.05, 4.69) is 51.4 Å². The van der Waals surface area contributed by atoms with E-state index >= 15 is 0 Å². The number of thioether (sulfide) groups is 3. The quantitative estimate of drug-likeness (QED) is 0.0794. The Balaban J connectivity index is 1.01. The molecule has 6 heterocycles. The molecule has 0 fully saturated rings. The van der Waals surface area contributed by atoms with Gasteiger partial charge >= 0.3 is 0 Å². The topological polar surface area (TPSA) is 270 Å². The molecular weight excluding hydrogens is 805 g/mol. The monoisotopic (exact) mass is 848 g/mol. The van der Waals surface area contributed by atoms with Crippen molar-refractivity contribution in [3.63, 3.8) is 0 Å². The lowest BCUT2D eigenvalue weighted by Gasteiger charge is -2.24. The minimum absolute atomic E-state index is 0.0132. The predicted octanol–water partition coefficient (Wildman–Crippen LogP) is 0.711. The summed E-state index contributed by atoms with van der Waals surface area (Å²) in [6.07, 6.45) is 12.2. The molecule has 0 radical (unpaired) electrons. The van der Waals surface area contributed by atoms with Gasteiger partial charge in [-0.2, -0.15) is 35.3 Å². The van der Waals surface area contributed by atoms with Crippen LogP contribution in [-0.4, -0.2) is 159 Å². The van der Waals surface area contributed by atoms with E-state index in [1.165, 1.54) is 31.5 Å². The van der Waals surface area contributed by atoms with Crippen LogP contribution in [0.15, 0.2) is 50.7 Å². The van der Waals surface area contributed by atoms with Crippen LogP contribution in [0.1, 0.15) is 0 Å². The Morgan fingerprint density at radius 3 is 1.31 bits per heavy atom. The van der Waals surface area contributed by atoms with E-state index in [1.54, 1.807) is 66.5 Å². The Morgan fingerprint density at radius 1 is 0.569 bits per heavy atom. The molecule has 58 heavy (non-hydrogen) atoms. The lowest BCUT2D eigenvalue weighted by molar-refractivity contribution is -0.132. The van der Waals surface area contributed by atoms with Crippen molar-refractivity contribution in [2.24, 2.45) is 0 Å². The molecule has 0 unspecified atom stereocenters. The first-order valence-electron chi connectivity index (χ1n) is 18.0. The van der Waals surface area contributed by atoms with Crippen LogP contribution in [0, 0.1) is 0 Å². The maximum atomic E-state index is 13.8. The van der Waals surface area contributed by atoms with Crippen molar-refractivity contribution in [2.75, 3.05) is 84.9 Å². The Bertz CT molecular complexity index is 2370. The number of rotatable bonds is 22. The number of hydrogen-bond donors (Lipinski definition) is 3. The summed E-state index contributed by atoms with van der Waals surface area (Å²) in [5, 5.41) is 0. The Labute approximate surface area is 345 Å². The number of carbonyl (C=O) groups is 3. The number of nitrogens with two attached hydrogens (primary N) is 3. The molecule has 6 rings (SSSR count). The number of fused-ring (bicyclic) bond motifs is 3. The zero-order chi connectivity index (χ0) is 41.0. The highest BCUT2D eigenvalue weighted by molar-refractivity contribution is 7.99. The van der Waals surface area contributed by atoms with Gasteiger partial charge in [0, 0.05) is 61.5 Å². The molecule has 6 aromatic heterocycles. The van der Waals surface area contributed by atoms with Gasteiger partial charge in [0.2, 0.25) is 17.7 Å². The number of imidazole rings is 3. The second kappa shape index (κ2) is 20.1. The molecule has 21 nitrogen and oxygen atoms in total. The first kappa shape index (κ1) is 41.9. The summed E-state index contributed by atoms with van der Waals surface area (Å²) in [4.78, 5) is 83.0. The van der Waals surface area contributed by atoms with Crippen molar-refractivity contribution in [3.05, 3.63) is 50.7 Å². The summed E-state index contributed by atoms with van der Waals surface area (Å²) in [6, 6.07) is 0. The Morgan fingerprint density at radius 2 is 0.931 bits per heavy atom. The third-order valence-corrected chi connectivity index (χ3v) is 11.5. The van der Waals surface area contributed by atoms with Crippen LogP contribution in [0.4, 0.5) is 17.5 Å². The predicted molar refractivity (Wildman–Crippen MR) is 227 cm³/mol. The first-order chi connectivity index (χ1) is 28.2. The third-order valence-electron chi connectivity index (χ3n) is 9.01. The molecule has 3 amide bonds. The van der Waals surface area contributed by atoms with Crippen LogP contribution in [0.5, 0.6) is 0 Å².